The Morgan fingerprint density at radius 3 is 3.00 bits per heavy atom. The average molecular weight is 281 g/mol. The van der Waals surface area contributed by atoms with Gasteiger partial charge in [0.15, 0.2) is 6.39 Å². The molecule has 0 saturated carbocycles. The molecule has 2 aromatic rings. The maximum Gasteiger partial charge on any atom is 0.251 e. The molecule has 90 valence electrons. The lowest BCUT2D eigenvalue weighted by Crippen LogP contribution is -1.92. The lowest BCUT2D eigenvalue weighted by Gasteiger charge is -1.98. The Bertz CT molecular complexity index is 630. The molecule has 7 heteroatoms. The van der Waals surface area contributed by atoms with E-state index in [1.807, 2.05) is 6.07 Å². The highest BCUT2D eigenvalue weighted by atomic mass is 35.5. The van der Waals surface area contributed by atoms with Crippen molar-refractivity contribution in [2.45, 2.75) is 0 Å². The molecule has 0 bridgehead atoms. The van der Waals surface area contributed by atoms with Crippen LogP contribution in [0.5, 0.6) is 0 Å². The Morgan fingerprint density at radius 1 is 1.44 bits per heavy atom. The quantitative estimate of drug-likeness (QED) is 0.691. The summed E-state index contributed by atoms with van der Waals surface area (Å²) in [6.07, 6.45) is 2.65. The molecule has 0 atom stereocenters. The minimum absolute atomic E-state index is 0.134. The van der Waals surface area contributed by atoms with Crippen molar-refractivity contribution in [3.63, 3.8) is 0 Å². The van der Waals surface area contributed by atoms with Crippen molar-refractivity contribution >= 4 is 35.3 Å². The number of hydrogen-bond donors (Lipinski definition) is 1. The van der Waals surface area contributed by atoms with Gasteiger partial charge in [-0.15, -0.1) is 0 Å². The number of anilines is 1. The fraction of sp³-hybridized carbons (Fsp3) is 0. The van der Waals surface area contributed by atoms with Crippen molar-refractivity contribution in [1.82, 2.24) is 4.98 Å². The third-order valence-electron chi connectivity index (χ3n) is 2.01. The molecule has 1 aromatic heterocycles. The average Bonchev–Trinajstić information content (AvgIpc) is 2.79. The van der Waals surface area contributed by atoms with E-state index < -0.39 is 0 Å². The molecular weight excluding hydrogens is 275 g/mol. The number of nitriles is 1. The number of halogens is 2. The van der Waals surface area contributed by atoms with Crippen LogP contribution in [0.4, 0.5) is 5.88 Å². The molecule has 0 aliphatic carbocycles. The highest BCUT2D eigenvalue weighted by Gasteiger charge is 2.05. The van der Waals surface area contributed by atoms with E-state index in [1.165, 1.54) is 6.21 Å². The second-order valence-corrected chi connectivity index (χ2v) is 4.02. The van der Waals surface area contributed by atoms with Crippen molar-refractivity contribution in [2.75, 3.05) is 5.43 Å². The highest BCUT2D eigenvalue weighted by Crippen LogP contribution is 2.19. The van der Waals surface area contributed by atoms with Gasteiger partial charge < -0.3 is 4.42 Å². The first-order valence-electron chi connectivity index (χ1n) is 4.78. The number of rotatable bonds is 3. The van der Waals surface area contributed by atoms with Gasteiger partial charge >= 0.3 is 0 Å². The molecule has 1 aromatic carbocycles. The van der Waals surface area contributed by atoms with Crippen molar-refractivity contribution < 1.29 is 4.42 Å². The SMILES string of the molecule is N#Cc1ncoc1NN=Cc1ccc(Cl)cc1Cl. The number of hydrogen-bond acceptors (Lipinski definition) is 5. The van der Waals surface area contributed by atoms with E-state index in [9.17, 15) is 0 Å². The fourth-order valence-corrected chi connectivity index (χ4v) is 1.63. The standard InChI is InChI=1S/C11H6Cl2N4O/c12-8-2-1-7(9(13)3-8)5-16-17-11-10(4-14)15-6-18-11/h1-3,5-6,17H. The lowest BCUT2D eigenvalue weighted by molar-refractivity contribution is 0.570. The van der Waals surface area contributed by atoms with E-state index in [4.69, 9.17) is 32.9 Å². The number of nitrogens with one attached hydrogen (secondary N) is 1. The summed E-state index contributed by atoms with van der Waals surface area (Å²) in [6, 6.07) is 6.89. The Kier molecular flexibility index (Phi) is 3.82. The van der Waals surface area contributed by atoms with Gasteiger partial charge in [-0.2, -0.15) is 10.4 Å². The molecule has 18 heavy (non-hydrogen) atoms. The minimum atomic E-state index is 0.134. The molecule has 2 rings (SSSR count). The molecular formula is C11H6Cl2N4O. The third kappa shape index (κ3) is 2.80. The van der Waals surface area contributed by atoms with Gasteiger partial charge in [0.25, 0.3) is 5.88 Å². The minimum Gasteiger partial charge on any atom is -0.425 e. The molecule has 0 fully saturated rings. The molecule has 0 saturated heterocycles. The zero-order chi connectivity index (χ0) is 13.0. The Hall–Kier alpha value is -2.03. The van der Waals surface area contributed by atoms with Gasteiger partial charge in [0, 0.05) is 10.6 Å². The van der Waals surface area contributed by atoms with E-state index in [1.54, 1.807) is 18.2 Å². The Balaban J connectivity index is 2.10. The van der Waals surface area contributed by atoms with Crippen LogP contribution in [-0.4, -0.2) is 11.2 Å². The molecule has 1 N–H and O–H groups in total. The van der Waals surface area contributed by atoms with Crippen LogP contribution in [0.15, 0.2) is 34.1 Å². The van der Waals surface area contributed by atoms with Crippen molar-refractivity contribution in [3.05, 3.63) is 45.9 Å². The molecule has 0 spiro atoms. The maximum absolute atomic E-state index is 8.70. The molecule has 1 heterocycles. The summed E-state index contributed by atoms with van der Waals surface area (Å²) in [7, 11) is 0. The van der Waals surface area contributed by atoms with Gasteiger partial charge in [0.2, 0.25) is 5.69 Å². The van der Waals surface area contributed by atoms with Crippen LogP contribution in [0.2, 0.25) is 10.0 Å². The predicted octanol–water partition coefficient (Wildman–Crippen LogP) is 3.30. The normalized spacial score (nSPS) is 10.5. The number of aromatic nitrogens is 1. The predicted molar refractivity (Wildman–Crippen MR) is 68.9 cm³/mol. The summed E-state index contributed by atoms with van der Waals surface area (Å²) in [5.41, 5.74) is 3.38. The van der Waals surface area contributed by atoms with E-state index >= 15 is 0 Å². The van der Waals surface area contributed by atoms with Crippen LogP contribution in [0, 0.1) is 11.3 Å². The van der Waals surface area contributed by atoms with Crippen LogP contribution in [-0.2, 0) is 0 Å². The van der Waals surface area contributed by atoms with E-state index in [2.05, 4.69) is 15.5 Å². The van der Waals surface area contributed by atoms with Gasteiger partial charge in [0.1, 0.15) is 6.07 Å². The summed E-state index contributed by atoms with van der Waals surface area (Å²) < 4.78 is 4.93. The van der Waals surface area contributed by atoms with E-state index in [0.29, 0.717) is 15.6 Å². The van der Waals surface area contributed by atoms with E-state index in [0.717, 1.165) is 6.39 Å². The monoisotopic (exact) mass is 280 g/mol. The Labute approximate surface area is 113 Å². The second-order valence-electron chi connectivity index (χ2n) is 3.18. The first kappa shape index (κ1) is 12.4. The number of benzene rings is 1. The van der Waals surface area contributed by atoms with Crippen LogP contribution < -0.4 is 5.43 Å². The lowest BCUT2D eigenvalue weighted by atomic mass is 10.2. The van der Waals surface area contributed by atoms with Gasteiger partial charge in [-0.1, -0.05) is 29.3 Å². The number of oxazole rings is 1. The maximum atomic E-state index is 8.70. The van der Waals surface area contributed by atoms with Crippen molar-refractivity contribution in [2.24, 2.45) is 5.10 Å². The van der Waals surface area contributed by atoms with Crippen LogP contribution >= 0.6 is 23.2 Å². The second kappa shape index (κ2) is 5.54. The van der Waals surface area contributed by atoms with Gasteiger partial charge in [-0.3, -0.25) is 0 Å². The molecule has 0 unspecified atom stereocenters. The topological polar surface area (TPSA) is 74.2 Å². The first-order chi connectivity index (χ1) is 8.70. The zero-order valence-electron chi connectivity index (χ0n) is 8.89. The zero-order valence-corrected chi connectivity index (χ0v) is 10.4. The Morgan fingerprint density at radius 2 is 2.28 bits per heavy atom. The summed E-state index contributed by atoms with van der Waals surface area (Å²) in [4.78, 5) is 3.68. The summed E-state index contributed by atoms with van der Waals surface area (Å²) >= 11 is 11.7. The van der Waals surface area contributed by atoms with Crippen molar-refractivity contribution in [3.8, 4) is 6.07 Å². The smallest absolute Gasteiger partial charge is 0.251 e. The molecule has 5 nitrogen and oxygen atoms in total. The summed E-state index contributed by atoms with van der Waals surface area (Å²) in [5, 5.41) is 13.6. The molecule has 0 aliphatic rings. The third-order valence-corrected chi connectivity index (χ3v) is 2.57. The summed E-state index contributed by atoms with van der Waals surface area (Å²) in [5.74, 6) is 0.179. The van der Waals surface area contributed by atoms with Gasteiger partial charge in [-0.05, 0) is 12.1 Å². The molecule has 0 amide bonds. The van der Waals surface area contributed by atoms with Crippen LogP contribution in [0.3, 0.4) is 0 Å². The molecule has 0 aliphatic heterocycles. The fourth-order valence-electron chi connectivity index (χ4n) is 1.17. The summed E-state index contributed by atoms with van der Waals surface area (Å²) in [6.45, 7) is 0. The highest BCUT2D eigenvalue weighted by molar-refractivity contribution is 6.36. The van der Waals surface area contributed by atoms with E-state index in [-0.39, 0.29) is 11.6 Å². The van der Waals surface area contributed by atoms with Gasteiger partial charge in [0.05, 0.1) is 11.2 Å². The van der Waals surface area contributed by atoms with Crippen LogP contribution in [0.1, 0.15) is 11.3 Å². The largest absolute Gasteiger partial charge is 0.425 e. The first-order valence-corrected chi connectivity index (χ1v) is 5.54. The number of nitrogens with zero attached hydrogens (tertiary/aromatic N) is 3. The number of hydrazone groups is 1. The van der Waals surface area contributed by atoms with Crippen LogP contribution in [0.25, 0.3) is 0 Å². The molecule has 0 radical (unpaired) electrons. The van der Waals surface area contributed by atoms with Crippen molar-refractivity contribution in [1.29, 1.82) is 5.26 Å². The van der Waals surface area contributed by atoms with Gasteiger partial charge in [-0.25, -0.2) is 10.4 Å².